The van der Waals surface area contributed by atoms with Crippen LogP contribution in [0.1, 0.15) is 26.7 Å². The Labute approximate surface area is 125 Å². The van der Waals surface area contributed by atoms with Gasteiger partial charge < -0.3 is 14.9 Å². The lowest BCUT2D eigenvalue weighted by atomic mass is 10.1. The molecular formula is C15H14N2O3S. The number of nitrogens with one attached hydrogen (secondary N) is 1. The van der Waals surface area contributed by atoms with Crippen LogP contribution in [0.2, 0.25) is 0 Å². The van der Waals surface area contributed by atoms with Crippen LogP contribution in [-0.4, -0.2) is 16.2 Å². The number of hydrogen-bond donors (Lipinski definition) is 2. The lowest BCUT2D eigenvalue weighted by Gasteiger charge is -2.03. The number of rotatable bonds is 5. The van der Waals surface area contributed by atoms with E-state index in [1.54, 1.807) is 0 Å². The van der Waals surface area contributed by atoms with E-state index in [4.69, 9.17) is 4.52 Å². The first-order chi connectivity index (χ1) is 10.1. The fourth-order valence-corrected chi connectivity index (χ4v) is 3.32. The molecule has 0 spiro atoms. The number of aryl methyl sites for hydroxylation is 1. The fraction of sp³-hybridized carbons (Fsp3) is 0.200. The zero-order chi connectivity index (χ0) is 14.8. The summed E-state index contributed by atoms with van der Waals surface area (Å²) in [6, 6.07) is 9.59. The van der Waals surface area contributed by atoms with Crippen LogP contribution in [0.4, 0.5) is 0 Å². The van der Waals surface area contributed by atoms with Crippen molar-refractivity contribution in [2.45, 2.75) is 20.0 Å². The van der Waals surface area contributed by atoms with Gasteiger partial charge in [-0.2, -0.15) is 0 Å². The third-order valence-electron chi connectivity index (χ3n) is 3.17. The highest BCUT2D eigenvalue weighted by molar-refractivity contribution is 7.21. The van der Waals surface area contributed by atoms with Crippen molar-refractivity contribution >= 4 is 27.4 Å². The molecule has 0 atom stereocenters. The molecule has 3 rings (SSSR count). The van der Waals surface area contributed by atoms with Crippen molar-refractivity contribution in [1.82, 2.24) is 10.5 Å². The molecule has 1 aromatic carbocycles. The summed E-state index contributed by atoms with van der Waals surface area (Å²) in [5.41, 5.74) is 1.65. The van der Waals surface area contributed by atoms with Crippen LogP contribution >= 0.6 is 11.3 Å². The lowest BCUT2D eigenvalue weighted by Crippen LogP contribution is -2.14. The monoisotopic (exact) mass is 302 g/mol. The number of carboxylic acid groups (broad SMARTS) is 1. The van der Waals surface area contributed by atoms with Crippen molar-refractivity contribution in [1.29, 1.82) is 0 Å². The maximum Gasteiger partial charge on any atom is 0.346 e. The molecule has 108 valence electrons. The topological polar surface area (TPSA) is 75.4 Å². The van der Waals surface area contributed by atoms with Gasteiger partial charge in [0, 0.05) is 17.3 Å². The number of aromatic carboxylic acids is 1. The minimum atomic E-state index is -0.886. The Morgan fingerprint density at radius 3 is 2.90 bits per heavy atom. The van der Waals surface area contributed by atoms with Crippen LogP contribution in [0.3, 0.4) is 0 Å². The van der Waals surface area contributed by atoms with Gasteiger partial charge in [-0.05, 0) is 23.9 Å². The number of aromatic nitrogens is 1. The highest BCUT2D eigenvalue weighted by Crippen LogP contribution is 2.31. The summed E-state index contributed by atoms with van der Waals surface area (Å²) < 4.78 is 6.11. The van der Waals surface area contributed by atoms with Crippen LogP contribution in [-0.2, 0) is 13.1 Å². The molecule has 0 amide bonds. The molecule has 3 aromatic rings. The predicted molar refractivity (Wildman–Crippen MR) is 80.6 cm³/mol. The standard InChI is InChI=1S/C15H14N2O3S/c1-9-6-10(20-17-9)7-16-8-12-11-4-2-3-5-13(11)21-14(12)15(18)19/h2-6,16H,7-8H2,1H3,(H,18,19). The summed E-state index contributed by atoms with van der Waals surface area (Å²) in [5, 5.41) is 17.4. The summed E-state index contributed by atoms with van der Waals surface area (Å²) in [5.74, 6) is -0.146. The molecule has 0 fully saturated rings. The number of hydrogen-bond acceptors (Lipinski definition) is 5. The fourth-order valence-electron chi connectivity index (χ4n) is 2.26. The molecule has 2 aromatic heterocycles. The molecule has 5 nitrogen and oxygen atoms in total. The van der Waals surface area contributed by atoms with Gasteiger partial charge in [-0.3, -0.25) is 0 Å². The second-order valence-corrected chi connectivity index (χ2v) is 5.80. The first-order valence-corrected chi connectivity index (χ1v) is 7.33. The van der Waals surface area contributed by atoms with E-state index in [0.717, 1.165) is 27.1 Å². The van der Waals surface area contributed by atoms with Gasteiger partial charge in [0.05, 0.1) is 12.2 Å². The molecule has 0 aliphatic heterocycles. The van der Waals surface area contributed by atoms with Crippen LogP contribution in [0.15, 0.2) is 34.9 Å². The van der Waals surface area contributed by atoms with Crippen molar-refractivity contribution < 1.29 is 14.4 Å². The second kappa shape index (κ2) is 5.67. The van der Waals surface area contributed by atoms with E-state index in [9.17, 15) is 9.90 Å². The first-order valence-electron chi connectivity index (χ1n) is 6.52. The van der Waals surface area contributed by atoms with E-state index >= 15 is 0 Å². The Kier molecular flexibility index (Phi) is 3.72. The number of carboxylic acids is 1. The van der Waals surface area contributed by atoms with Crippen LogP contribution in [0.5, 0.6) is 0 Å². The Bertz CT molecular complexity index is 791. The largest absolute Gasteiger partial charge is 0.477 e. The van der Waals surface area contributed by atoms with Crippen molar-refractivity contribution in [3.63, 3.8) is 0 Å². The highest BCUT2D eigenvalue weighted by atomic mass is 32.1. The van der Waals surface area contributed by atoms with E-state index in [0.29, 0.717) is 18.0 Å². The van der Waals surface area contributed by atoms with Crippen LogP contribution < -0.4 is 5.32 Å². The average molecular weight is 302 g/mol. The van der Waals surface area contributed by atoms with E-state index in [1.165, 1.54) is 11.3 Å². The van der Waals surface area contributed by atoms with E-state index in [1.807, 2.05) is 37.3 Å². The van der Waals surface area contributed by atoms with Crippen LogP contribution in [0, 0.1) is 6.92 Å². The Morgan fingerprint density at radius 1 is 1.38 bits per heavy atom. The smallest absolute Gasteiger partial charge is 0.346 e. The molecule has 21 heavy (non-hydrogen) atoms. The van der Waals surface area contributed by atoms with E-state index in [2.05, 4.69) is 10.5 Å². The highest BCUT2D eigenvalue weighted by Gasteiger charge is 2.17. The molecule has 0 saturated heterocycles. The molecule has 2 N–H and O–H groups in total. The molecule has 0 aliphatic rings. The minimum Gasteiger partial charge on any atom is -0.477 e. The average Bonchev–Trinajstić information content (AvgIpc) is 3.03. The Hall–Kier alpha value is -2.18. The first kappa shape index (κ1) is 13.8. The normalized spacial score (nSPS) is 11.1. The van der Waals surface area contributed by atoms with Gasteiger partial charge in [0.2, 0.25) is 0 Å². The third-order valence-corrected chi connectivity index (χ3v) is 4.37. The molecule has 6 heteroatoms. The molecule has 0 bridgehead atoms. The Morgan fingerprint density at radius 2 is 2.19 bits per heavy atom. The molecule has 0 aliphatic carbocycles. The van der Waals surface area contributed by atoms with Crippen molar-refractivity contribution in [3.05, 3.63) is 52.2 Å². The number of benzene rings is 1. The maximum atomic E-state index is 11.4. The number of thiophene rings is 1. The summed E-state index contributed by atoms with van der Waals surface area (Å²) >= 11 is 1.31. The van der Waals surface area contributed by atoms with Gasteiger partial charge in [-0.15, -0.1) is 11.3 Å². The molecular weight excluding hydrogens is 288 g/mol. The second-order valence-electron chi connectivity index (χ2n) is 4.75. The molecule has 0 unspecified atom stereocenters. The summed E-state index contributed by atoms with van der Waals surface area (Å²) in [6.07, 6.45) is 0. The summed E-state index contributed by atoms with van der Waals surface area (Å²) in [4.78, 5) is 11.8. The number of nitrogens with zero attached hydrogens (tertiary/aromatic N) is 1. The van der Waals surface area contributed by atoms with Gasteiger partial charge >= 0.3 is 5.97 Å². The summed E-state index contributed by atoms with van der Waals surface area (Å²) in [7, 11) is 0. The van der Waals surface area contributed by atoms with Gasteiger partial charge in [-0.25, -0.2) is 4.79 Å². The molecule has 0 saturated carbocycles. The minimum absolute atomic E-state index is 0.387. The SMILES string of the molecule is Cc1cc(CNCc2c(C(=O)O)sc3ccccc23)on1. The number of fused-ring (bicyclic) bond motifs is 1. The zero-order valence-corrected chi connectivity index (χ0v) is 12.2. The maximum absolute atomic E-state index is 11.4. The van der Waals surface area contributed by atoms with Gasteiger partial charge in [0.25, 0.3) is 0 Å². The van der Waals surface area contributed by atoms with Crippen LogP contribution in [0.25, 0.3) is 10.1 Å². The van der Waals surface area contributed by atoms with Crippen molar-refractivity contribution in [3.8, 4) is 0 Å². The van der Waals surface area contributed by atoms with Crippen molar-refractivity contribution in [2.75, 3.05) is 0 Å². The Balaban J connectivity index is 1.82. The molecule has 0 radical (unpaired) electrons. The molecule has 2 heterocycles. The lowest BCUT2D eigenvalue weighted by molar-refractivity contribution is 0.0701. The van der Waals surface area contributed by atoms with Gasteiger partial charge in [-0.1, -0.05) is 23.4 Å². The van der Waals surface area contributed by atoms with E-state index < -0.39 is 5.97 Å². The number of carbonyl (C=O) groups is 1. The van der Waals surface area contributed by atoms with Gasteiger partial charge in [0.15, 0.2) is 5.76 Å². The van der Waals surface area contributed by atoms with E-state index in [-0.39, 0.29) is 0 Å². The predicted octanol–water partition coefficient (Wildman–Crippen LogP) is 3.19. The van der Waals surface area contributed by atoms with Gasteiger partial charge in [0.1, 0.15) is 4.88 Å². The third kappa shape index (κ3) is 2.81. The zero-order valence-electron chi connectivity index (χ0n) is 11.4. The summed E-state index contributed by atoms with van der Waals surface area (Å²) in [6.45, 7) is 2.86. The van der Waals surface area contributed by atoms with Crippen molar-refractivity contribution in [2.24, 2.45) is 0 Å². The quantitative estimate of drug-likeness (QED) is 0.757.